The molecular formula is C16H16N2O3. The van der Waals surface area contributed by atoms with Gasteiger partial charge in [-0.2, -0.15) is 5.10 Å². The van der Waals surface area contributed by atoms with Gasteiger partial charge in [0.1, 0.15) is 0 Å². The van der Waals surface area contributed by atoms with Gasteiger partial charge < -0.3 is 9.84 Å². The quantitative estimate of drug-likeness (QED) is 0.486. The lowest BCUT2D eigenvalue weighted by atomic mass is 10.1. The fourth-order valence-electron chi connectivity index (χ4n) is 1.75. The third-order valence-corrected chi connectivity index (χ3v) is 2.88. The van der Waals surface area contributed by atoms with Gasteiger partial charge in [-0.15, -0.1) is 0 Å². The Labute approximate surface area is 122 Å². The molecule has 2 N–H and O–H groups in total. The van der Waals surface area contributed by atoms with E-state index in [2.05, 4.69) is 10.5 Å². The van der Waals surface area contributed by atoms with E-state index in [1.165, 1.54) is 0 Å². The molecule has 0 aliphatic rings. The number of carbonyl (C=O) groups excluding carboxylic acids is 1. The lowest BCUT2D eigenvalue weighted by molar-refractivity contribution is -0.120. The van der Waals surface area contributed by atoms with E-state index >= 15 is 0 Å². The van der Waals surface area contributed by atoms with Gasteiger partial charge in [-0.3, -0.25) is 10.2 Å². The average molecular weight is 284 g/mol. The van der Waals surface area contributed by atoms with Crippen molar-refractivity contribution >= 4 is 18.4 Å². The van der Waals surface area contributed by atoms with Crippen molar-refractivity contribution in [2.24, 2.45) is 5.10 Å². The SMILES string of the molecule is CC(O)c1ccc(/C=N/Nc2ccccc2OC=O)cc1. The Morgan fingerprint density at radius 2 is 1.90 bits per heavy atom. The van der Waals surface area contributed by atoms with Gasteiger partial charge in [0, 0.05) is 0 Å². The number of nitrogens with one attached hydrogen (secondary N) is 1. The lowest BCUT2D eigenvalue weighted by Gasteiger charge is -2.06. The lowest BCUT2D eigenvalue weighted by Crippen LogP contribution is -1.96. The molecule has 0 saturated carbocycles. The van der Waals surface area contributed by atoms with Crippen LogP contribution < -0.4 is 10.2 Å². The van der Waals surface area contributed by atoms with E-state index in [4.69, 9.17) is 4.74 Å². The number of aliphatic hydroxyl groups excluding tert-OH is 1. The molecule has 2 rings (SSSR count). The van der Waals surface area contributed by atoms with Gasteiger partial charge in [0.2, 0.25) is 0 Å². The molecule has 0 spiro atoms. The molecule has 2 aromatic carbocycles. The van der Waals surface area contributed by atoms with Crippen molar-refractivity contribution in [1.82, 2.24) is 0 Å². The highest BCUT2D eigenvalue weighted by Crippen LogP contribution is 2.22. The monoisotopic (exact) mass is 284 g/mol. The summed E-state index contributed by atoms with van der Waals surface area (Å²) in [5, 5.41) is 13.5. The number of carbonyl (C=O) groups is 1. The molecule has 0 fully saturated rings. The summed E-state index contributed by atoms with van der Waals surface area (Å²) in [5.74, 6) is 0.411. The maximum absolute atomic E-state index is 10.4. The summed E-state index contributed by atoms with van der Waals surface area (Å²) in [4.78, 5) is 10.4. The number of anilines is 1. The van der Waals surface area contributed by atoms with Crippen LogP contribution in [0.3, 0.4) is 0 Å². The van der Waals surface area contributed by atoms with Crippen molar-refractivity contribution in [3.63, 3.8) is 0 Å². The minimum Gasteiger partial charge on any atom is -0.426 e. The van der Waals surface area contributed by atoms with Crippen molar-refractivity contribution in [3.05, 3.63) is 59.7 Å². The van der Waals surface area contributed by atoms with Crippen LogP contribution in [0.2, 0.25) is 0 Å². The average Bonchev–Trinajstić information content (AvgIpc) is 2.50. The largest absolute Gasteiger partial charge is 0.426 e. The van der Waals surface area contributed by atoms with Gasteiger partial charge in [0.05, 0.1) is 18.0 Å². The molecule has 1 atom stereocenters. The first-order valence-electron chi connectivity index (χ1n) is 6.47. The zero-order chi connectivity index (χ0) is 15.1. The molecule has 2 aromatic rings. The Kier molecular flexibility index (Phi) is 5.06. The molecule has 0 amide bonds. The van der Waals surface area contributed by atoms with Crippen molar-refractivity contribution < 1.29 is 14.6 Å². The third-order valence-electron chi connectivity index (χ3n) is 2.88. The Hall–Kier alpha value is -2.66. The summed E-state index contributed by atoms with van der Waals surface area (Å²) >= 11 is 0. The van der Waals surface area contributed by atoms with E-state index in [-0.39, 0.29) is 0 Å². The molecule has 0 aliphatic carbocycles. The number of hydrogen-bond donors (Lipinski definition) is 2. The maximum atomic E-state index is 10.4. The Balaban J connectivity index is 2.03. The number of nitrogens with zero attached hydrogens (tertiary/aromatic N) is 1. The van der Waals surface area contributed by atoms with Gasteiger partial charge in [0.15, 0.2) is 5.75 Å². The number of hydrazone groups is 1. The molecule has 5 nitrogen and oxygen atoms in total. The van der Waals surface area contributed by atoms with Crippen LogP contribution in [0.15, 0.2) is 53.6 Å². The minimum atomic E-state index is -0.485. The van der Waals surface area contributed by atoms with Crippen LogP contribution in [0.1, 0.15) is 24.2 Å². The number of rotatable bonds is 6. The zero-order valence-electron chi connectivity index (χ0n) is 11.6. The van der Waals surface area contributed by atoms with Crippen LogP contribution in [0.5, 0.6) is 5.75 Å². The van der Waals surface area contributed by atoms with Crippen LogP contribution in [0, 0.1) is 0 Å². The standard InChI is InChI=1S/C16H16N2O3/c1-12(20)14-8-6-13(7-9-14)10-17-18-15-4-2-3-5-16(15)21-11-19/h2-12,18,20H,1H3/b17-10+. The Morgan fingerprint density at radius 3 is 2.57 bits per heavy atom. The molecule has 21 heavy (non-hydrogen) atoms. The second-order valence-electron chi connectivity index (χ2n) is 4.42. The summed E-state index contributed by atoms with van der Waals surface area (Å²) < 4.78 is 4.84. The molecule has 0 aliphatic heterocycles. The van der Waals surface area contributed by atoms with E-state index < -0.39 is 6.10 Å². The second kappa shape index (κ2) is 7.21. The summed E-state index contributed by atoms with van der Waals surface area (Å²) in [7, 11) is 0. The summed E-state index contributed by atoms with van der Waals surface area (Å²) in [6, 6.07) is 14.4. The number of hydrogen-bond acceptors (Lipinski definition) is 5. The van der Waals surface area contributed by atoms with Gasteiger partial charge in [-0.05, 0) is 30.2 Å². The highest BCUT2D eigenvalue weighted by Gasteiger charge is 2.01. The molecule has 0 radical (unpaired) electrons. The highest BCUT2D eigenvalue weighted by molar-refractivity contribution is 5.80. The van der Waals surface area contributed by atoms with E-state index in [0.717, 1.165) is 11.1 Å². The molecule has 0 saturated heterocycles. The molecule has 0 heterocycles. The molecule has 5 heteroatoms. The Bertz CT molecular complexity index is 622. The number of ether oxygens (including phenoxy) is 1. The smallest absolute Gasteiger partial charge is 0.298 e. The number of aliphatic hydroxyl groups is 1. The fourth-order valence-corrected chi connectivity index (χ4v) is 1.75. The fraction of sp³-hybridized carbons (Fsp3) is 0.125. The second-order valence-corrected chi connectivity index (χ2v) is 4.42. The van der Waals surface area contributed by atoms with Crippen LogP contribution in [0.25, 0.3) is 0 Å². The highest BCUT2D eigenvalue weighted by atomic mass is 16.5. The van der Waals surface area contributed by atoms with Crippen molar-refractivity contribution in [2.75, 3.05) is 5.43 Å². The van der Waals surface area contributed by atoms with E-state index in [9.17, 15) is 9.90 Å². The molecule has 0 aromatic heterocycles. The topological polar surface area (TPSA) is 70.9 Å². The first kappa shape index (κ1) is 14.7. The first-order valence-corrected chi connectivity index (χ1v) is 6.47. The van der Waals surface area contributed by atoms with E-state index in [1.54, 1.807) is 31.3 Å². The van der Waals surface area contributed by atoms with E-state index in [0.29, 0.717) is 17.9 Å². The minimum absolute atomic E-state index is 0.374. The molecule has 1 unspecified atom stereocenters. The van der Waals surface area contributed by atoms with Gasteiger partial charge >= 0.3 is 0 Å². The number of para-hydroxylation sites is 2. The van der Waals surface area contributed by atoms with E-state index in [1.807, 2.05) is 30.3 Å². The van der Waals surface area contributed by atoms with Crippen molar-refractivity contribution in [3.8, 4) is 5.75 Å². The summed E-state index contributed by atoms with van der Waals surface area (Å²) in [5.41, 5.74) is 5.16. The van der Waals surface area contributed by atoms with Crippen LogP contribution in [0.4, 0.5) is 5.69 Å². The van der Waals surface area contributed by atoms with Gasteiger partial charge in [-0.25, -0.2) is 0 Å². The maximum Gasteiger partial charge on any atom is 0.298 e. The number of benzene rings is 2. The first-order chi connectivity index (χ1) is 10.2. The molecule has 108 valence electrons. The zero-order valence-corrected chi connectivity index (χ0v) is 11.6. The third kappa shape index (κ3) is 4.15. The Morgan fingerprint density at radius 1 is 1.19 bits per heavy atom. The van der Waals surface area contributed by atoms with Crippen LogP contribution >= 0.6 is 0 Å². The molecular weight excluding hydrogens is 268 g/mol. The summed E-state index contributed by atoms with van der Waals surface area (Å²) in [6.45, 7) is 2.09. The normalized spacial score (nSPS) is 12.1. The van der Waals surface area contributed by atoms with Crippen LogP contribution in [-0.2, 0) is 4.79 Å². The van der Waals surface area contributed by atoms with Crippen molar-refractivity contribution in [1.29, 1.82) is 0 Å². The van der Waals surface area contributed by atoms with Crippen molar-refractivity contribution in [2.45, 2.75) is 13.0 Å². The van der Waals surface area contributed by atoms with Crippen LogP contribution in [-0.4, -0.2) is 17.8 Å². The predicted molar refractivity (Wildman–Crippen MR) is 81.4 cm³/mol. The predicted octanol–water partition coefficient (Wildman–Crippen LogP) is 2.72. The van der Waals surface area contributed by atoms with Gasteiger partial charge in [-0.1, -0.05) is 36.4 Å². The molecule has 0 bridgehead atoms. The summed E-state index contributed by atoms with van der Waals surface area (Å²) in [6.07, 6.45) is 1.16. The van der Waals surface area contributed by atoms with Gasteiger partial charge in [0.25, 0.3) is 6.47 Å².